The maximum Gasteiger partial charge on any atom is 0.241 e. The number of nitrogens with one attached hydrogen (secondary N) is 1. The fraction of sp³-hybridized carbons (Fsp3) is 0.259. The van der Waals surface area contributed by atoms with Crippen LogP contribution in [0.15, 0.2) is 90.0 Å². The topological polar surface area (TPSA) is 68.2 Å². The van der Waals surface area contributed by atoms with Gasteiger partial charge in [0.15, 0.2) is 0 Å². The van der Waals surface area contributed by atoms with Gasteiger partial charge in [-0.1, -0.05) is 60.7 Å². The van der Waals surface area contributed by atoms with E-state index in [-0.39, 0.29) is 17.7 Å². The van der Waals surface area contributed by atoms with Crippen molar-refractivity contribution in [3.8, 4) is 5.75 Å². The lowest BCUT2D eigenvalue weighted by atomic mass is 9.96. The van der Waals surface area contributed by atoms with E-state index in [1.54, 1.807) is 30.5 Å². The first kappa shape index (κ1) is 22.7. The lowest BCUT2D eigenvalue weighted by Gasteiger charge is -2.39. The molecule has 0 radical (unpaired) electrons. The molecule has 0 unspecified atom stereocenters. The summed E-state index contributed by atoms with van der Waals surface area (Å²) < 4.78 is 0. The van der Waals surface area contributed by atoms with E-state index < -0.39 is 0 Å². The Labute approximate surface area is 195 Å². The number of carbonyl (C=O) groups is 1. The Bertz CT molecular complexity index is 991. The maximum atomic E-state index is 12.2. The SMILES string of the molecule is O=C(CCN1CCN(C(c2ccccc2)c2ccccc2)CC1)NN=Cc1ccc(O)cc1. The molecule has 1 saturated heterocycles. The Balaban J connectivity index is 1.26. The van der Waals surface area contributed by atoms with Crippen LogP contribution in [-0.4, -0.2) is 59.8 Å². The van der Waals surface area contributed by atoms with Crippen LogP contribution in [0.25, 0.3) is 0 Å². The van der Waals surface area contributed by atoms with Crippen LogP contribution in [0.2, 0.25) is 0 Å². The van der Waals surface area contributed by atoms with E-state index in [1.165, 1.54) is 11.1 Å². The number of benzene rings is 3. The van der Waals surface area contributed by atoms with Crippen molar-refractivity contribution in [1.82, 2.24) is 15.2 Å². The zero-order chi connectivity index (χ0) is 22.9. The van der Waals surface area contributed by atoms with E-state index in [0.717, 1.165) is 38.3 Å². The first-order chi connectivity index (χ1) is 16.2. The Kier molecular flexibility index (Phi) is 7.85. The standard InChI is InChI=1S/C27H30N4O2/c32-25-13-11-22(12-14-25)21-28-29-26(33)15-16-30-17-19-31(20-18-30)27(23-7-3-1-4-8-23)24-9-5-2-6-10-24/h1-14,21,27,32H,15-20H2,(H,29,33). The average molecular weight is 443 g/mol. The molecule has 1 amide bonds. The van der Waals surface area contributed by atoms with Crippen LogP contribution in [-0.2, 0) is 4.79 Å². The lowest BCUT2D eigenvalue weighted by molar-refractivity contribution is -0.121. The highest BCUT2D eigenvalue weighted by Gasteiger charge is 2.26. The molecule has 0 bridgehead atoms. The predicted octanol–water partition coefficient (Wildman–Crippen LogP) is 3.64. The molecule has 170 valence electrons. The van der Waals surface area contributed by atoms with E-state index >= 15 is 0 Å². The number of amides is 1. The van der Waals surface area contributed by atoms with Crippen molar-refractivity contribution < 1.29 is 9.90 Å². The molecule has 1 fully saturated rings. The van der Waals surface area contributed by atoms with Gasteiger partial charge in [-0.25, -0.2) is 5.43 Å². The molecule has 0 saturated carbocycles. The van der Waals surface area contributed by atoms with Gasteiger partial charge in [-0.05, 0) is 41.0 Å². The Morgan fingerprint density at radius 1 is 0.879 bits per heavy atom. The number of rotatable bonds is 8. The number of nitrogens with zero attached hydrogens (tertiary/aromatic N) is 3. The highest BCUT2D eigenvalue weighted by atomic mass is 16.3. The number of piperazine rings is 1. The Morgan fingerprint density at radius 2 is 1.45 bits per heavy atom. The van der Waals surface area contributed by atoms with Crippen LogP contribution in [0.3, 0.4) is 0 Å². The van der Waals surface area contributed by atoms with Gasteiger partial charge in [0.05, 0.1) is 12.3 Å². The molecule has 1 heterocycles. The normalized spacial score (nSPS) is 15.2. The van der Waals surface area contributed by atoms with E-state index in [0.29, 0.717) is 6.42 Å². The minimum absolute atomic E-state index is 0.0982. The van der Waals surface area contributed by atoms with Crippen molar-refractivity contribution in [3.05, 3.63) is 102 Å². The number of phenolic OH excluding ortho intramolecular Hbond substituents is 1. The van der Waals surface area contributed by atoms with Crippen LogP contribution in [0.1, 0.15) is 29.2 Å². The molecule has 1 aliphatic rings. The maximum absolute atomic E-state index is 12.2. The fourth-order valence-corrected chi connectivity index (χ4v) is 4.18. The van der Waals surface area contributed by atoms with Gasteiger partial charge in [-0.15, -0.1) is 0 Å². The molecule has 33 heavy (non-hydrogen) atoms. The lowest BCUT2D eigenvalue weighted by Crippen LogP contribution is -2.48. The summed E-state index contributed by atoms with van der Waals surface area (Å²) >= 11 is 0. The smallest absolute Gasteiger partial charge is 0.241 e. The molecule has 0 aliphatic carbocycles. The highest BCUT2D eigenvalue weighted by Crippen LogP contribution is 2.29. The molecule has 0 atom stereocenters. The third-order valence-corrected chi connectivity index (χ3v) is 5.95. The number of hydrazone groups is 1. The van der Waals surface area contributed by atoms with Gasteiger partial charge in [-0.3, -0.25) is 9.69 Å². The van der Waals surface area contributed by atoms with Crippen molar-refractivity contribution in [3.63, 3.8) is 0 Å². The van der Waals surface area contributed by atoms with Crippen LogP contribution >= 0.6 is 0 Å². The van der Waals surface area contributed by atoms with Crippen LogP contribution in [0, 0.1) is 0 Å². The summed E-state index contributed by atoms with van der Waals surface area (Å²) in [6.45, 7) is 4.49. The molecule has 4 rings (SSSR count). The monoisotopic (exact) mass is 442 g/mol. The minimum Gasteiger partial charge on any atom is -0.508 e. The summed E-state index contributed by atoms with van der Waals surface area (Å²) in [7, 11) is 0. The third-order valence-electron chi connectivity index (χ3n) is 5.95. The molecule has 6 nitrogen and oxygen atoms in total. The van der Waals surface area contributed by atoms with Crippen LogP contribution in [0.4, 0.5) is 0 Å². The second kappa shape index (κ2) is 11.4. The summed E-state index contributed by atoms with van der Waals surface area (Å²) in [4.78, 5) is 17.0. The Hall–Kier alpha value is -3.48. The summed E-state index contributed by atoms with van der Waals surface area (Å²) in [6.07, 6.45) is 1.98. The zero-order valence-corrected chi connectivity index (χ0v) is 18.7. The second-order valence-corrected chi connectivity index (χ2v) is 8.24. The molecular formula is C27H30N4O2. The average Bonchev–Trinajstić information content (AvgIpc) is 2.86. The summed E-state index contributed by atoms with van der Waals surface area (Å²) in [5.74, 6) is 0.106. The highest BCUT2D eigenvalue weighted by molar-refractivity contribution is 5.82. The number of phenols is 1. The third kappa shape index (κ3) is 6.51. The number of hydrogen-bond donors (Lipinski definition) is 2. The van der Waals surface area contributed by atoms with Crippen molar-refractivity contribution in [2.45, 2.75) is 12.5 Å². The summed E-state index contributed by atoms with van der Waals surface area (Å²) in [6, 6.07) is 28.2. The van der Waals surface area contributed by atoms with Gasteiger partial charge in [0, 0.05) is 39.1 Å². The predicted molar refractivity (Wildman–Crippen MR) is 131 cm³/mol. The first-order valence-corrected chi connectivity index (χ1v) is 11.4. The van der Waals surface area contributed by atoms with Crippen molar-refractivity contribution in [2.75, 3.05) is 32.7 Å². The van der Waals surface area contributed by atoms with Gasteiger partial charge in [-0.2, -0.15) is 5.10 Å². The van der Waals surface area contributed by atoms with Gasteiger partial charge in [0.1, 0.15) is 5.75 Å². The number of hydrogen-bond acceptors (Lipinski definition) is 5. The minimum atomic E-state index is -0.0982. The van der Waals surface area contributed by atoms with E-state index in [1.807, 2.05) is 0 Å². The van der Waals surface area contributed by atoms with E-state index in [4.69, 9.17) is 0 Å². The zero-order valence-electron chi connectivity index (χ0n) is 18.7. The first-order valence-electron chi connectivity index (χ1n) is 11.4. The molecule has 1 aliphatic heterocycles. The molecule has 2 N–H and O–H groups in total. The number of carbonyl (C=O) groups excluding carboxylic acids is 1. The quantitative estimate of drug-likeness (QED) is 0.413. The van der Waals surface area contributed by atoms with Crippen LogP contribution in [0.5, 0.6) is 5.75 Å². The Morgan fingerprint density at radius 3 is 2.03 bits per heavy atom. The largest absolute Gasteiger partial charge is 0.508 e. The van der Waals surface area contributed by atoms with E-state index in [2.05, 4.69) is 81.0 Å². The van der Waals surface area contributed by atoms with Crippen molar-refractivity contribution in [1.29, 1.82) is 0 Å². The molecule has 0 aromatic heterocycles. The van der Waals surface area contributed by atoms with Gasteiger partial charge < -0.3 is 10.0 Å². The molecule has 3 aromatic carbocycles. The fourth-order valence-electron chi connectivity index (χ4n) is 4.18. The van der Waals surface area contributed by atoms with Crippen molar-refractivity contribution in [2.24, 2.45) is 5.10 Å². The molecular weight excluding hydrogens is 412 g/mol. The molecule has 6 heteroatoms. The van der Waals surface area contributed by atoms with Crippen molar-refractivity contribution >= 4 is 12.1 Å². The van der Waals surface area contributed by atoms with Crippen LogP contribution < -0.4 is 5.43 Å². The summed E-state index contributed by atoms with van der Waals surface area (Å²) in [5.41, 5.74) is 6.02. The van der Waals surface area contributed by atoms with E-state index in [9.17, 15) is 9.90 Å². The summed E-state index contributed by atoms with van der Waals surface area (Å²) in [5, 5.41) is 13.3. The number of aromatic hydroxyl groups is 1. The van der Waals surface area contributed by atoms with Gasteiger partial charge in [0.25, 0.3) is 0 Å². The molecule has 0 spiro atoms. The van der Waals surface area contributed by atoms with Gasteiger partial charge >= 0.3 is 0 Å². The molecule has 3 aromatic rings. The second-order valence-electron chi connectivity index (χ2n) is 8.24. The van der Waals surface area contributed by atoms with Gasteiger partial charge in [0.2, 0.25) is 5.91 Å².